The molecule has 48 heavy (non-hydrogen) atoms. The Labute approximate surface area is 290 Å². The molecule has 2 unspecified atom stereocenters. The number of rotatable bonds is 13. The average molecular weight is 673 g/mol. The quantitative estimate of drug-likeness (QED) is 0.124. The standard InChI is InChI=1S/C41H50ClFN2O3/c1-2-9-34(43)13-5-3-4-11-32(27-44)37-20-21-41(22-23-41)38(40(47)45-28-29-16-18-33(42)19-17-29)26-39(37)48-36-15-7-6-10-30-24-35(46)14-8-12-31(30)25-36/h9,11,16-21,26-27,30-31,34,36,44H,1,3-8,10,12-15,22-25,28H2,(H,45,47)/b32-11+,44-27?/t30?,31-,34?,36+/m1/s1. The van der Waals surface area contributed by atoms with Crippen LogP contribution in [0, 0.1) is 22.7 Å². The highest BCUT2D eigenvalue weighted by Gasteiger charge is 2.47. The third-order valence-corrected chi connectivity index (χ3v) is 10.8. The van der Waals surface area contributed by atoms with Gasteiger partial charge in [-0.1, -0.05) is 55.0 Å². The third-order valence-electron chi connectivity index (χ3n) is 10.5. The second-order valence-electron chi connectivity index (χ2n) is 14.0. The maximum atomic E-state index is 13.9. The maximum absolute atomic E-state index is 13.9. The molecule has 3 fully saturated rings. The van der Waals surface area contributed by atoms with E-state index in [0.717, 1.165) is 80.9 Å². The number of carbonyl (C=O) groups excluding carboxylic acids is 2. The second kappa shape index (κ2) is 17.3. The van der Waals surface area contributed by atoms with Crippen LogP contribution in [-0.4, -0.2) is 30.2 Å². The highest BCUT2D eigenvalue weighted by atomic mass is 35.5. The van der Waals surface area contributed by atoms with Gasteiger partial charge in [-0.2, -0.15) is 0 Å². The SMILES string of the molecule is C=C=CC(F)CCCC/C=C(\C=N)C1=C(O[C@H]2CCCCC3CC(=O)CCC[C@@H]3C2)C=C(C(=O)NCc2ccc(Cl)cc2)C2(C=C1)CC2. The Hall–Kier alpha value is -3.47. The number of nitrogens with one attached hydrogen (secondary N) is 2. The summed E-state index contributed by atoms with van der Waals surface area (Å²) in [5, 5.41) is 12.2. The van der Waals surface area contributed by atoms with Crippen LogP contribution in [-0.2, 0) is 20.9 Å². The molecule has 0 radical (unpaired) electrons. The molecule has 4 aliphatic carbocycles. The van der Waals surface area contributed by atoms with E-state index in [1.54, 1.807) is 0 Å². The molecule has 2 N–H and O–H groups in total. The number of unbranched alkanes of at least 4 members (excludes halogenated alkanes) is 2. The lowest BCUT2D eigenvalue weighted by Gasteiger charge is -2.32. The maximum Gasteiger partial charge on any atom is 0.248 e. The summed E-state index contributed by atoms with van der Waals surface area (Å²) in [6.07, 6.45) is 22.6. The zero-order chi connectivity index (χ0) is 33.9. The van der Waals surface area contributed by atoms with E-state index < -0.39 is 6.17 Å². The van der Waals surface area contributed by atoms with Gasteiger partial charge in [0.25, 0.3) is 0 Å². The molecule has 4 aliphatic rings. The molecule has 7 heteroatoms. The largest absolute Gasteiger partial charge is 0.490 e. The van der Waals surface area contributed by atoms with E-state index in [1.165, 1.54) is 12.3 Å². The molecule has 4 atom stereocenters. The summed E-state index contributed by atoms with van der Waals surface area (Å²) in [6, 6.07) is 7.47. The highest BCUT2D eigenvalue weighted by Crippen LogP contribution is 2.55. The summed E-state index contributed by atoms with van der Waals surface area (Å²) < 4.78 is 20.9. The predicted octanol–water partition coefficient (Wildman–Crippen LogP) is 10.0. The van der Waals surface area contributed by atoms with E-state index in [9.17, 15) is 14.0 Å². The topological polar surface area (TPSA) is 79.2 Å². The molecule has 0 saturated heterocycles. The van der Waals surface area contributed by atoms with Crippen molar-refractivity contribution in [2.75, 3.05) is 0 Å². The number of fused-ring (bicyclic) bond motifs is 1. The fourth-order valence-corrected chi connectivity index (χ4v) is 7.70. The van der Waals surface area contributed by atoms with E-state index in [4.69, 9.17) is 21.7 Å². The Bertz CT molecular complexity index is 1500. The fraction of sp³-hybridized carbons (Fsp3) is 0.512. The van der Waals surface area contributed by atoms with Crippen molar-refractivity contribution in [3.05, 3.63) is 100 Å². The van der Waals surface area contributed by atoms with Crippen LogP contribution in [0.4, 0.5) is 4.39 Å². The van der Waals surface area contributed by atoms with Gasteiger partial charge < -0.3 is 15.5 Å². The summed E-state index contributed by atoms with van der Waals surface area (Å²) in [6.45, 7) is 3.84. The molecular formula is C41H50ClFN2O3. The number of ether oxygens (including phenoxy) is 1. The average Bonchev–Trinajstić information content (AvgIpc) is 3.89. The number of benzene rings is 1. The van der Waals surface area contributed by atoms with Crippen molar-refractivity contribution in [3.8, 4) is 0 Å². The molecule has 5 nitrogen and oxygen atoms in total. The van der Waals surface area contributed by atoms with E-state index in [0.29, 0.717) is 72.6 Å². The minimum absolute atomic E-state index is 0.0429. The molecule has 1 aromatic rings. The lowest BCUT2D eigenvalue weighted by molar-refractivity contribution is -0.120. The zero-order valence-electron chi connectivity index (χ0n) is 28.1. The molecule has 1 amide bonds. The van der Waals surface area contributed by atoms with E-state index in [-0.39, 0.29) is 17.4 Å². The number of carbonyl (C=O) groups is 2. The normalized spacial score (nSPS) is 24.5. The number of allylic oxidation sites excluding steroid dienone is 7. The number of Topliss-reactive ketones (excluding diaryl/α,β-unsaturated/α-hetero) is 1. The molecule has 256 valence electrons. The number of halogens is 2. The van der Waals surface area contributed by atoms with Crippen LogP contribution in [0.2, 0.25) is 5.02 Å². The van der Waals surface area contributed by atoms with E-state index in [2.05, 4.69) is 29.8 Å². The summed E-state index contributed by atoms with van der Waals surface area (Å²) in [7, 11) is 0. The number of hydrogen-bond donors (Lipinski definition) is 2. The van der Waals surface area contributed by atoms with E-state index in [1.807, 2.05) is 36.4 Å². The van der Waals surface area contributed by atoms with Gasteiger partial charge in [0, 0.05) is 47.2 Å². The Morgan fingerprint density at radius 2 is 1.92 bits per heavy atom. The van der Waals surface area contributed by atoms with Crippen LogP contribution < -0.4 is 5.32 Å². The molecule has 5 rings (SSSR count). The van der Waals surface area contributed by atoms with Crippen LogP contribution in [0.15, 0.2) is 89.4 Å². The van der Waals surface area contributed by atoms with Crippen LogP contribution in [0.3, 0.4) is 0 Å². The molecule has 0 aliphatic heterocycles. The van der Waals surface area contributed by atoms with Gasteiger partial charge in [-0.3, -0.25) is 9.59 Å². The highest BCUT2D eigenvalue weighted by molar-refractivity contribution is 6.30. The van der Waals surface area contributed by atoms with E-state index >= 15 is 0 Å². The van der Waals surface area contributed by atoms with Gasteiger partial charge in [-0.15, -0.1) is 5.73 Å². The number of hydrogen-bond acceptors (Lipinski definition) is 4. The number of ketones is 1. The predicted molar refractivity (Wildman–Crippen MR) is 192 cm³/mol. The number of amides is 1. The van der Waals surface area contributed by atoms with Gasteiger partial charge in [0.2, 0.25) is 5.91 Å². The molecule has 0 heterocycles. The summed E-state index contributed by atoms with van der Waals surface area (Å²) in [4.78, 5) is 26.4. The third kappa shape index (κ3) is 9.80. The molecular weight excluding hydrogens is 623 g/mol. The Kier molecular flexibility index (Phi) is 12.9. The molecule has 1 aromatic carbocycles. The monoisotopic (exact) mass is 672 g/mol. The summed E-state index contributed by atoms with van der Waals surface area (Å²) >= 11 is 6.07. The van der Waals surface area contributed by atoms with Crippen molar-refractivity contribution in [1.82, 2.24) is 5.32 Å². The minimum atomic E-state index is -1.04. The smallest absolute Gasteiger partial charge is 0.248 e. The first-order chi connectivity index (χ1) is 23.3. The van der Waals surface area contributed by atoms with Crippen molar-refractivity contribution in [1.29, 1.82) is 5.41 Å². The first-order valence-electron chi connectivity index (χ1n) is 17.9. The van der Waals surface area contributed by atoms with Crippen molar-refractivity contribution in [2.45, 2.75) is 115 Å². The second-order valence-corrected chi connectivity index (χ2v) is 14.5. The summed E-state index contributed by atoms with van der Waals surface area (Å²) in [5.74, 6) is 1.76. The molecule has 0 bridgehead atoms. The molecule has 1 spiro atoms. The van der Waals surface area contributed by atoms with Crippen LogP contribution in [0.1, 0.15) is 102 Å². The lowest BCUT2D eigenvalue weighted by Crippen LogP contribution is -2.28. The molecule has 0 aromatic heterocycles. The van der Waals surface area contributed by atoms with Crippen molar-refractivity contribution >= 4 is 29.5 Å². The first-order valence-corrected chi connectivity index (χ1v) is 18.3. The van der Waals surface area contributed by atoms with Gasteiger partial charge in [0.15, 0.2) is 0 Å². The van der Waals surface area contributed by atoms with Gasteiger partial charge in [0.1, 0.15) is 17.7 Å². The van der Waals surface area contributed by atoms with Crippen molar-refractivity contribution < 1.29 is 18.7 Å². The zero-order valence-corrected chi connectivity index (χ0v) is 28.8. The van der Waals surface area contributed by atoms with Crippen LogP contribution in [0.25, 0.3) is 0 Å². The van der Waals surface area contributed by atoms with Crippen molar-refractivity contribution in [3.63, 3.8) is 0 Å². The Balaban J connectivity index is 1.43. The van der Waals surface area contributed by atoms with Crippen LogP contribution >= 0.6 is 11.6 Å². The summed E-state index contributed by atoms with van der Waals surface area (Å²) in [5.41, 5.74) is 5.36. The fourth-order valence-electron chi connectivity index (χ4n) is 7.57. The Morgan fingerprint density at radius 1 is 1.15 bits per heavy atom. The van der Waals surface area contributed by atoms with Gasteiger partial charge in [-0.25, -0.2) is 4.39 Å². The first kappa shape index (κ1) is 35.8. The lowest BCUT2D eigenvalue weighted by atomic mass is 9.78. The number of alkyl halides is 1. The van der Waals surface area contributed by atoms with Crippen molar-refractivity contribution in [2.24, 2.45) is 17.3 Å². The van der Waals surface area contributed by atoms with Crippen LogP contribution in [0.5, 0.6) is 0 Å². The van der Waals surface area contributed by atoms with Gasteiger partial charge >= 0.3 is 0 Å². The van der Waals surface area contributed by atoms with Gasteiger partial charge in [0.05, 0.1) is 6.10 Å². The minimum Gasteiger partial charge on any atom is -0.490 e. The van der Waals surface area contributed by atoms with Gasteiger partial charge in [-0.05, 0) is 124 Å². The molecule has 3 saturated carbocycles. The Morgan fingerprint density at radius 3 is 2.67 bits per heavy atom.